The van der Waals surface area contributed by atoms with Gasteiger partial charge in [0.05, 0.1) is 6.07 Å². The van der Waals surface area contributed by atoms with Gasteiger partial charge in [-0.05, 0) is 25.5 Å². The molecule has 2 rings (SSSR count). The number of anilines is 1. The lowest BCUT2D eigenvalue weighted by Gasteiger charge is -2.29. The topological polar surface area (TPSA) is 78.1 Å². The molecule has 0 saturated heterocycles. The summed E-state index contributed by atoms with van der Waals surface area (Å²) in [5.41, 5.74) is -2.89. The average molecular weight is 296 g/mol. The second-order valence-corrected chi connectivity index (χ2v) is 4.68. The maximum absolute atomic E-state index is 13.4. The van der Waals surface area contributed by atoms with Crippen molar-refractivity contribution in [2.24, 2.45) is 10.9 Å². The van der Waals surface area contributed by atoms with E-state index in [2.05, 4.69) is 15.3 Å². The summed E-state index contributed by atoms with van der Waals surface area (Å²) in [5.74, 6) is -2.94. The van der Waals surface area contributed by atoms with Crippen LogP contribution in [-0.2, 0) is 4.79 Å². The minimum atomic E-state index is -4.99. The highest BCUT2D eigenvalue weighted by Crippen LogP contribution is 2.41. The Balaban J connectivity index is 2.55. The van der Waals surface area contributed by atoms with Gasteiger partial charge in [-0.1, -0.05) is 6.07 Å². The van der Waals surface area contributed by atoms with E-state index in [0.717, 1.165) is 0 Å². The molecular formula is C13H11F3N4O. The number of nitriles is 1. The Bertz CT molecular complexity index is 662. The second kappa shape index (κ2) is 4.84. The van der Waals surface area contributed by atoms with Crippen molar-refractivity contribution >= 4 is 17.3 Å². The third kappa shape index (κ3) is 2.24. The largest absolute Gasteiger partial charge is 0.439 e. The fraction of sp³-hybridized carbons (Fsp3) is 0.385. The number of Topliss-reactive ketones (excluding diaryl/α,β-unsaturated/α-hetero) is 1. The summed E-state index contributed by atoms with van der Waals surface area (Å²) in [7, 11) is 0. The molecule has 21 heavy (non-hydrogen) atoms. The Morgan fingerprint density at radius 3 is 2.57 bits per heavy atom. The molecule has 8 heteroatoms. The molecule has 0 bridgehead atoms. The zero-order valence-corrected chi connectivity index (χ0v) is 11.2. The van der Waals surface area contributed by atoms with Crippen molar-refractivity contribution in [1.82, 2.24) is 4.98 Å². The molecule has 1 aliphatic heterocycles. The molecule has 1 N–H and O–H groups in total. The molecule has 0 aliphatic carbocycles. The van der Waals surface area contributed by atoms with Crippen LogP contribution in [0.3, 0.4) is 0 Å². The molecule has 2 heterocycles. The standard InChI is InChI=1S/C13H11F3N4O/c1-7-4-3-5-18-11(7)20-12(13(14,15)16)10(21)9(6-17)8(2)19-12/h3-5,9H,1-2H3,(H,18,20)/t9-,12-/m0/s1. The highest BCUT2D eigenvalue weighted by atomic mass is 19.4. The molecule has 0 saturated carbocycles. The van der Waals surface area contributed by atoms with Crippen molar-refractivity contribution < 1.29 is 18.0 Å². The van der Waals surface area contributed by atoms with Gasteiger partial charge in [-0.25, -0.2) is 9.98 Å². The van der Waals surface area contributed by atoms with Gasteiger partial charge in [-0.3, -0.25) is 4.79 Å². The molecule has 0 spiro atoms. The molecule has 110 valence electrons. The molecule has 0 aromatic carbocycles. The van der Waals surface area contributed by atoms with Crippen LogP contribution in [0.2, 0.25) is 0 Å². The van der Waals surface area contributed by atoms with E-state index in [9.17, 15) is 18.0 Å². The molecule has 1 aromatic heterocycles. The van der Waals surface area contributed by atoms with Crippen molar-refractivity contribution in [1.29, 1.82) is 5.26 Å². The van der Waals surface area contributed by atoms with E-state index < -0.39 is 23.5 Å². The number of aryl methyl sites for hydroxylation is 1. The van der Waals surface area contributed by atoms with E-state index in [-0.39, 0.29) is 11.5 Å². The van der Waals surface area contributed by atoms with E-state index in [0.29, 0.717) is 5.56 Å². The lowest BCUT2D eigenvalue weighted by atomic mass is 9.95. The van der Waals surface area contributed by atoms with Crippen molar-refractivity contribution in [3.05, 3.63) is 23.9 Å². The van der Waals surface area contributed by atoms with Crippen LogP contribution in [0.1, 0.15) is 12.5 Å². The average Bonchev–Trinajstić information content (AvgIpc) is 2.64. The van der Waals surface area contributed by atoms with Gasteiger partial charge in [0.25, 0.3) is 5.66 Å². The smallest absolute Gasteiger partial charge is 0.332 e. The number of rotatable bonds is 2. The molecule has 0 unspecified atom stereocenters. The number of alkyl halides is 3. The van der Waals surface area contributed by atoms with Crippen LogP contribution in [0.5, 0.6) is 0 Å². The van der Waals surface area contributed by atoms with Gasteiger partial charge in [0, 0.05) is 11.9 Å². The molecule has 5 nitrogen and oxygen atoms in total. The SMILES string of the molecule is CC1=N[C@@](Nc2ncccc2C)(C(F)(F)F)C(=O)[C@H]1C#N. The van der Waals surface area contributed by atoms with Crippen molar-refractivity contribution in [3.8, 4) is 6.07 Å². The summed E-state index contributed by atoms with van der Waals surface area (Å²) in [5, 5.41) is 10.9. The predicted octanol–water partition coefficient (Wildman–Crippen LogP) is 2.24. The summed E-state index contributed by atoms with van der Waals surface area (Å²) in [6.45, 7) is 2.78. The quantitative estimate of drug-likeness (QED) is 0.908. The van der Waals surface area contributed by atoms with E-state index in [1.807, 2.05) is 0 Å². The monoisotopic (exact) mass is 296 g/mol. The predicted molar refractivity (Wildman–Crippen MR) is 68.6 cm³/mol. The van der Waals surface area contributed by atoms with Crippen LogP contribution in [-0.4, -0.2) is 28.3 Å². The first-order chi connectivity index (χ1) is 9.73. The molecule has 2 atom stereocenters. The van der Waals surface area contributed by atoms with Crippen LogP contribution < -0.4 is 5.32 Å². The zero-order chi connectivity index (χ0) is 15.8. The number of pyridine rings is 1. The third-order valence-electron chi connectivity index (χ3n) is 3.23. The first-order valence-corrected chi connectivity index (χ1v) is 6.00. The highest BCUT2D eigenvalue weighted by molar-refractivity contribution is 6.16. The summed E-state index contributed by atoms with van der Waals surface area (Å²) in [6.07, 6.45) is -3.68. The third-order valence-corrected chi connectivity index (χ3v) is 3.23. The van der Waals surface area contributed by atoms with Crippen molar-refractivity contribution in [2.75, 3.05) is 5.32 Å². The van der Waals surface area contributed by atoms with Gasteiger partial charge in [0.15, 0.2) is 0 Å². The lowest BCUT2D eigenvalue weighted by molar-refractivity contribution is -0.181. The van der Waals surface area contributed by atoms with Gasteiger partial charge in [0.1, 0.15) is 11.7 Å². The second-order valence-electron chi connectivity index (χ2n) is 4.68. The van der Waals surface area contributed by atoms with Crippen LogP contribution >= 0.6 is 0 Å². The van der Waals surface area contributed by atoms with E-state index in [1.54, 1.807) is 25.1 Å². The molecule has 0 fully saturated rings. The number of hydrogen-bond acceptors (Lipinski definition) is 5. The molecule has 0 amide bonds. The van der Waals surface area contributed by atoms with Crippen LogP contribution in [0, 0.1) is 24.2 Å². The maximum atomic E-state index is 13.4. The van der Waals surface area contributed by atoms with Gasteiger partial charge >= 0.3 is 6.18 Å². The number of aromatic nitrogens is 1. The Kier molecular flexibility index (Phi) is 3.45. The Morgan fingerprint density at radius 1 is 1.43 bits per heavy atom. The van der Waals surface area contributed by atoms with Gasteiger partial charge in [-0.15, -0.1) is 0 Å². The Morgan fingerprint density at radius 2 is 2.10 bits per heavy atom. The van der Waals surface area contributed by atoms with Crippen LogP contribution in [0.4, 0.5) is 19.0 Å². The van der Waals surface area contributed by atoms with E-state index in [4.69, 9.17) is 5.26 Å². The summed E-state index contributed by atoms with van der Waals surface area (Å²) < 4.78 is 40.3. The molecule has 0 radical (unpaired) electrons. The van der Waals surface area contributed by atoms with Gasteiger partial charge < -0.3 is 5.32 Å². The minimum Gasteiger partial charge on any atom is -0.332 e. The first kappa shape index (κ1) is 15.0. The lowest BCUT2D eigenvalue weighted by Crippen LogP contribution is -2.56. The van der Waals surface area contributed by atoms with E-state index >= 15 is 0 Å². The molecule has 1 aliphatic rings. The fourth-order valence-corrected chi connectivity index (χ4v) is 2.09. The number of hydrogen-bond donors (Lipinski definition) is 1. The first-order valence-electron chi connectivity index (χ1n) is 6.00. The van der Waals surface area contributed by atoms with Crippen LogP contribution in [0.15, 0.2) is 23.3 Å². The highest BCUT2D eigenvalue weighted by Gasteiger charge is 2.66. The normalized spacial score (nSPS) is 25.4. The van der Waals surface area contributed by atoms with Gasteiger partial charge in [-0.2, -0.15) is 18.4 Å². The summed E-state index contributed by atoms with van der Waals surface area (Å²) >= 11 is 0. The minimum absolute atomic E-state index is 0.0988. The molecular weight excluding hydrogens is 285 g/mol. The number of nitrogens with zero attached hydrogens (tertiary/aromatic N) is 3. The molecule has 1 aromatic rings. The fourth-order valence-electron chi connectivity index (χ4n) is 2.09. The number of ketones is 1. The van der Waals surface area contributed by atoms with Gasteiger partial charge in [0.2, 0.25) is 5.78 Å². The number of carbonyl (C=O) groups is 1. The Labute approximate surface area is 118 Å². The number of carbonyl (C=O) groups excluding carboxylic acids is 1. The number of halogens is 3. The van der Waals surface area contributed by atoms with Crippen LogP contribution in [0.25, 0.3) is 0 Å². The van der Waals surface area contributed by atoms with E-state index in [1.165, 1.54) is 13.1 Å². The maximum Gasteiger partial charge on any atom is 0.439 e. The summed E-state index contributed by atoms with van der Waals surface area (Å²) in [4.78, 5) is 19.3. The summed E-state index contributed by atoms with van der Waals surface area (Å²) in [6, 6.07) is 4.66. The van der Waals surface area contributed by atoms with Crippen molar-refractivity contribution in [3.63, 3.8) is 0 Å². The number of nitrogens with one attached hydrogen (secondary N) is 1. The Hall–Kier alpha value is -2.43. The number of aliphatic imine (C=N–C) groups is 1. The van der Waals surface area contributed by atoms with Crippen molar-refractivity contribution in [2.45, 2.75) is 25.7 Å². The zero-order valence-electron chi connectivity index (χ0n) is 11.2.